The van der Waals surface area contributed by atoms with Crippen molar-refractivity contribution >= 4 is 0 Å². The number of aromatic nitrogens is 2. The number of hydrogen-bond acceptors (Lipinski definition) is 3. The minimum Gasteiger partial charge on any atom is -0.507 e. The lowest BCUT2D eigenvalue weighted by Gasteiger charge is -2.08. The predicted octanol–water partition coefficient (Wildman–Crippen LogP) is 3.22. The highest BCUT2D eigenvalue weighted by Gasteiger charge is 2.12. The largest absolute Gasteiger partial charge is 0.507 e. The summed E-state index contributed by atoms with van der Waals surface area (Å²) < 4.78 is 0. The summed E-state index contributed by atoms with van der Waals surface area (Å²) in [5, 5.41) is 26.5. The molecule has 96 valence electrons. The lowest BCUT2D eigenvalue weighted by Crippen LogP contribution is -1.88. The highest BCUT2D eigenvalue weighted by Crippen LogP contribution is 2.37. The van der Waals surface area contributed by atoms with E-state index in [2.05, 4.69) is 17.1 Å². The van der Waals surface area contributed by atoms with Crippen LogP contribution in [0.5, 0.6) is 11.5 Å². The zero-order valence-electron chi connectivity index (χ0n) is 10.5. The fraction of sp³-hybridized carbons (Fsp3) is 0.357. The first-order valence-corrected chi connectivity index (χ1v) is 6.27. The smallest absolute Gasteiger partial charge is 0.128 e. The molecule has 0 unspecified atom stereocenters. The van der Waals surface area contributed by atoms with Crippen molar-refractivity contribution < 1.29 is 10.2 Å². The molecule has 0 saturated carbocycles. The van der Waals surface area contributed by atoms with Crippen molar-refractivity contribution in [2.45, 2.75) is 32.6 Å². The van der Waals surface area contributed by atoms with E-state index >= 15 is 0 Å². The van der Waals surface area contributed by atoms with Gasteiger partial charge in [0, 0.05) is 6.20 Å². The van der Waals surface area contributed by atoms with Crippen molar-refractivity contribution in [1.82, 2.24) is 10.2 Å². The van der Waals surface area contributed by atoms with Crippen LogP contribution in [0.4, 0.5) is 0 Å². The number of benzene rings is 1. The molecule has 0 aliphatic carbocycles. The molecule has 1 aromatic heterocycles. The lowest BCUT2D eigenvalue weighted by atomic mass is 10.0. The van der Waals surface area contributed by atoms with Gasteiger partial charge in [0.1, 0.15) is 11.5 Å². The van der Waals surface area contributed by atoms with E-state index in [1.54, 1.807) is 24.4 Å². The van der Waals surface area contributed by atoms with E-state index in [0.717, 1.165) is 31.2 Å². The third-order valence-corrected chi connectivity index (χ3v) is 3.00. The van der Waals surface area contributed by atoms with Crippen LogP contribution in [-0.4, -0.2) is 20.4 Å². The van der Waals surface area contributed by atoms with Gasteiger partial charge in [0.05, 0.1) is 11.3 Å². The number of hydrogen-bond donors (Lipinski definition) is 3. The van der Waals surface area contributed by atoms with Crippen molar-refractivity contribution in [3.8, 4) is 22.8 Å². The van der Waals surface area contributed by atoms with Crippen molar-refractivity contribution in [3.05, 3.63) is 30.0 Å². The highest BCUT2D eigenvalue weighted by molar-refractivity contribution is 5.73. The Morgan fingerprint density at radius 1 is 1.17 bits per heavy atom. The molecule has 0 saturated heterocycles. The van der Waals surface area contributed by atoms with Crippen LogP contribution < -0.4 is 0 Å². The van der Waals surface area contributed by atoms with Crippen LogP contribution in [0, 0.1) is 0 Å². The number of rotatable bonds is 5. The van der Waals surface area contributed by atoms with Crippen LogP contribution in [0.25, 0.3) is 11.3 Å². The molecule has 2 rings (SSSR count). The molecule has 18 heavy (non-hydrogen) atoms. The Kier molecular flexibility index (Phi) is 3.87. The number of H-pyrrole nitrogens is 1. The second-order valence-corrected chi connectivity index (χ2v) is 4.44. The van der Waals surface area contributed by atoms with E-state index in [0.29, 0.717) is 11.3 Å². The zero-order chi connectivity index (χ0) is 13.0. The van der Waals surface area contributed by atoms with E-state index in [1.807, 2.05) is 0 Å². The second kappa shape index (κ2) is 5.58. The van der Waals surface area contributed by atoms with Gasteiger partial charge in [0.15, 0.2) is 0 Å². The Balaban J connectivity index is 2.24. The summed E-state index contributed by atoms with van der Waals surface area (Å²) in [6.07, 6.45) is 5.84. The normalized spacial score (nSPS) is 10.7. The first-order valence-electron chi connectivity index (χ1n) is 6.27. The number of aromatic amines is 1. The van der Waals surface area contributed by atoms with Gasteiger partial charge in [0.25, 0.3) is 0 Å². The molecule has 0 amide bonds. The Bertz CT molecular complexity index is 484. The molecule has 1 aromatic carbocycles. The number of aromatic hydroxyl groups is 2. The van der Waals surface area contributed by atoms with Crippen LogP contribution in [0.2, 0.25) is 0 Å². The Hall–Kier alpha value is -1.97. The number of phenols is 2. The summed E-state index contributed by atoms with van der Waals surface area (Å²) in [4.78, 5) is 0. The molecule has 3 N–H and O–H groups in total. The molecule has 4 heteroatoms. The fourth-order valence-corrected chi connectivity index (χ4v) is 2.06. The molecule has 0 fully saturated rings. The SMILES string of the molecule is CCCCCc1cc(O)c(-c2ccn[nH]2)c(O)c1. The molecule has 4 nitrogen and oxygen atoms in total. The molecular formula is C14H18N2O2. The molecule has 2 aromatic rings. The summed E-state index contributed by atoms with van der Waals surface area (Å²) in [5.41, 5.74) is 1.98. The third kappa shape index (κ3) is 2.64. The minimum atomic E-state index is 0.0887. The number of nitrogens with zero attached hydrogens (tertiary/aromatic N) is 1. The van der Waals surface area contributed by atoms with Crippen molar-refractivity contribution in [1.29, 1.82) is 0 Å². The van der Waals surface area contributed by atoms with Gasteiger partial charge < -0.3 is 10.2 Å². The first kappa shape index (κ1) is 12.5. The summed E-state index contributed by atoms with van der Waals surface area (Å²) in [7, 11) is 0. The van der Waals surface area contributed by atoms with E-state index in [9.17, 15) is 10.2 Å². The molecule has 0 radical (unpaired) electrons. The lowest BCUT2D eigenvalue weighted by molar-refractivity contribution is 0.452. The summed E-state index contributed by atoms with van der Waals surface area (Å²) in [6, 6.07) is 5.14. The average molecular weight is 246 g/mol. The third-order valence-electron chi connectivity index (χ3n) is 3.00. The monoisotopic (exact) mass is 246 g/mol. The summed E-state index contributed by atoms with van der Waals surface area (Å²) in [5.74, 6) is 0.177. The summed E-state index contributed by atoms with van der Waals surface area (Å²) >= 11 is 0. The number of unbranched alkanes of at least 4 members (excludes halogenated alkanes) is 2. The maximum absolute atomic E-state index is 9.99. The van der Waals surface area contributed by atoms with Crippen molar-refractivity contribution in [2.75, 3.05) is 0 Å². The van der Waals surface area contributed by atoms with Gasteiger partial charge in [0.2, 0.25) is 0 Å². The molecule has 0 aliphatic heterocycles. The van der Waals surface area contributed by atoms with Crippen LogP contribution in [-0.2, 0) is 6.42 Å². The van der Waals surface area contributed by atoms with E-state index in [4.69, 9.17) is 0 Å². The van der Waals surface area contributed by atoms with Gasteiger partial charge in [-0.1, -0.05) is 19.8 Å². The Labute approximate surface area is 106 Å². The topological polar surface area (TPSA) is 69.1 Å². The average Bonchev–Trinajstić information content (AvgIpc) is 2.82. The number of aryl methyl sites for hydroxylation is 1. The van der Waals surface area contributed by atoms with Gasteiger partial charge >= 0.3 is 0 Å². The van der Waals surface area contributed by atoms with Crippen LogP contribution >= 0.6 is 0 Å². The van der Waals surface area contributed by atoms with Gasteiger partial charge in [-0.05, 0) is 36.6 Å². The fourth-order valence-electron chi connectivity index (χ4n) is 2.06. The molecule has 0 atom stereocenters. The van der Waals surface area contributed by atoms with Gasteiger partial charge in [-0.3, -0.25) is 5.10 Å². The molecule has 0 spiro atoms. The van der Waals surface area contributed by atoms with Gasteiger partial charge in [-0.2, -0.15) is 5.10 Å². The standard InChI is InChI=1S/C14H18N2O2/c1-2-3-4-5-10-8-12(17)14(13(18)9-10)11-6-7-15-16-11/h6-9,17-18H,2-5H2,1H3,(H,15,16). The molecule has 0 bridgehead atoms. The van der Waals surface area contributed by atoms with Crippen molar-refractivity contribution in [2.24, 2.45) is 0 Å². The maximum Gasteiger partial charge on any atom is 0.128 e. The van der Waals surface area contributed by atoms with Crippen LogP contribution in [0.15, 0.2) is 24.4 Å². The number of phenolic OH excluding ortho intramolecular Hbond substituents is 2. The Morgan fingerprint density at radius 3 is 2.44 bits per heavy atom. The van der Waals surface area contributed by atoms with Crippen LogP contribution in [0.3, 0.4) is 0 Å². The summed E-state index contributed by atoms with van der Waals surface area (Å²) in [6.45, 7) is 2.15. The van der Waals surface area contributed by atoms with E-state index in [1.165, 1.54) is 0 Å². The molecular weight excluding hydrogens is 228 g/mol. The molecule has 0 aliphatic rings. The minimum absolute atomic E-state index is 0.0887. The predicted molar refractivity (Wildman–Crippen MR) is 70.6 cm³/mol. The second-order valence-electron chi connectivity index (χ2n) is 4.44. The van der Waals surface area contributed by atoms with Gasteiger partial charge in [-0.25, -0.2) is 0 Å². The van der Waals surface area contributed by atoms with Crippen LogP contribution in [0.1, 0.15) is 31.7 Å². The Morgan fingerprint density at radius 2 is 1.89 bits per heavy atom. The quantitative estimate of drug-likeness (QED) is 0.709. The van der Waals surface area contributed by atoms with Crippen molar-refractivity contribution in [3.63, 3.8) is 0 Å². The van der Waals surface area contributed by atoms with E-state index in [-0.39, 0.29) is 11.5 Å². The highest BCUT2D eigenvalue weighted by atomic mass is 16.3. The number of nitrogens with one attached hydrogen (secondary N) is 1. The first-order chi connectivity index (χ1) is 8.72. The maximum atomic E-state index is 9.99. The zero-order valence-corrected chi connectivity index (χ0v) is 10.5. The van der Waals surface area contributed by atoms with E-state index < -0.39 is 0 Å². The molecule has 1 heterocycles. The van der Waals surface area contributed by atoms with Gasteiger partial charge in [-0.15, -0.1) is 0 Å².